The standard InChI is InChI=1S/C18H21NO3S/c1-12-9-10-13(2)16(11-12)14(3)19-18(20)15-7-5-6-8-17(15)23(4,21)22/h5-11,14H,1-4H3,(H,19,20). The Morgan fingerprint density at radius 3 is 2.39 bits per heavy atom. The molecule has 2 aromatic rings. The molecule has 2 rings (SSSR count). The van der Waals surface area contributed by atoms with Gasteiger partial charge in [-0.05, 0) is 44.0 Å². The van der Waals surface area contributed by atoms with Crippen molar-refractivity contribution in [2.45, 2.75) is 31.7 Å². The van der Waals surface area contributed by atoms with Gasteiger partial charge in [0, 0.05) is 6.26 Å². The summed E-state index contributed by atoms with van der Waals surface area (Å²) in [6.45, 7) is 5.88. The lowest BCUT2D eigenvalue weighted by Crippen LogP contribution is -2.28. The minimum absolute atomic E-state index is 0.0469. The number of sulfone groups is 1. The van der Waals surface area contributed by atoms with Crippen molar-refractivity contribution in [2.75, 3.05) is 6.26 Å². The van der Waals surface area contributed by atoms with Gasteiger partial charge in [0.2, 0.25) is 0 Å². The first-order valence-corrected chi connectivity index (χ1v) is 9.26. The van der Waals surface area contributed by atoms with E-state index in [1.165, 1.54) is 12.1 Å². The molecule has 23 heavy (non-hydrogen) atoms. The molecule has 0 aliphatic heterocycles. The van der Waals surface area contributed by atoms with Crippen molar-refractivity contribution in [3.8, 4) is 0 Å². The van der Waals surface area contributed by atoms with Crippen molar-refractivity contribution < 1.29 is 13.2 Å². The molecule has 2 aromatic carbocycles. The van der Waals surface area contributed by atoms with Crippen LogP contribution in [0.3, 0.4) is 0 Å². The molecular weight excluding hydrogens is 310 g/mol. The van der Waals surface area contributed by atoms with Crippen LogP contribution >= 0.6 is 0 Å². The number of hydrogen-bond acceptors (Lipinski definition) is 3. The Kier molecular flexibility index (Phi) is 4.90. The fourth-order valence-corrected chi connectivity index (χ4v) is 3.44. The van der Waals surface area contributed by atoms with Gasteiger partial charge in [-0.25, -0.2) is 8.42 Å². The smallest absolute Gasteiger partial charge is 0.253 e. The highest BCUT2D eigenvalue weighted by atomic mass is 32.2. The van der Waals surface area contributed by atoms with E-state index in [9.17, 15) is 13.2 Å². The highest BCUT2D eigenvalue weighted by Crippen LogP contribution is 2.21. The summed E-state index contributed by atoms with van der Waals surface area (Å²) < 4.78 is 23.7. The summed E-state index contributed by atoms with van der Waals surface area (Å²) in [5.41, 5.74) is 3.39. The Morgan fingerprint density at radius 1 is 1.09 bits per heavy atom. The summed E-state index contributed by atoms with van der Waals surface area (Å²) in [5, 5.41) is 2.89. The third-order valence-corrected chi connectivity index (χ3v) is 4.93. The van der Waals surface area contributed by atoms with Crippen molar-refractivity contribution in [3.63, 3.8) is 0 Å². The van der Waals surface area contributed by atoms with E-state index >= 15 is 0 Å². The minimum Gasteiger partial charge on any atom is -0.345 e. The molecule has 1 amide bonds. The number of aryl methyl sites for hydroxylation is 2. The quantitative estimate of drug-likeness (QED) is 0.936. The van der Waals surface area contributed by atoms with Crippen LogP contribution in [0.15, 0.2) is 47.4 Å². The highest BCUT2D eigenvalue weighted by Gasteiger charge is 2.20. The van der Waals surface area contributed by atoms with Crippen LogP contribution in [0.4, 0.5) is 0 Å². The van der Waals surface area contributed by atoms with Gasteiger partial charge in [0.15, 0.2) is 9.84 Å². The lowest BCUT2D eigenvalue weighted by molar-refractivity contribution is 0.0936. The molecule has 0 aliphatic carbocycles. The fraction of sp³-hybridized carbons (Fsp3) is 0.278. The van der Waals surface area contributed by atoms with Crippen molar-refractivity contribution >= 4 is 15.7 Å². The Balaban J connectivity index is 2.31. The number of carbonyl (C=O) groups is 1. The van der Waals surface area contributed by atoms with Crippen molar-refractivity contribution in [3.05, 3.63) is 64.7 Å². The zero-order valence-corrected chi connectivity index (χ0v) is 14.6. The first kappa shape index (κ1) is 17.2. The van der Waals surface area contributed by atoms with Crippen LogP contribution in [0.5, 0.6) is 0 Å². The van der Waals surface area contributed by atoms with Crippen LogP contribution in [0, 0.1) is 13.8 Å². The number of hydrogen-bond donors (Lipinski definition) is 1. The van der Waals surface area contributed by atoms with Crippen molar-refractivity contribution in [2.24, 2.45) is 0 Å². The van der Waals surface area contributed by atoms with Gasteiger partial charge < -0.3 is 5.32 Å². The normalized spacial score (nSPS) is 12.7. The van der Waals surface area contributed by atoms with Crippen LogP contribution in [-0.2, 0) is 9.84 Å². The number of amides is 1. The van der Waals surface area contributed by atoms with E-state index < -0.39 is 9.84 Å². The first-order chi connectivity index (χ1) is 10.7. The average Bonchev–Trinajstić information content (AvgIpc) is 2.48. The summed E-state index contributed by atoms with van der Waals surface area (Å²) >= 11 is 0. The molecule has 0 fully saturated rings. The van der Waals surface area contributed by atoms with Gasteiger partial charge in [0.25, 0.3) is 5.91 Å². The molecular formula is C18H21NO3S. The topological polar surface area (TPSA) is 63.2 Å². The molecule has 0 saturated carbocycles. The predicted octanol–water partition coefficient (Wildman–Crippen LogP) is 3.20. The van der Waals surface area contributed by atoms with Crippen molar-refractivity contribution in [1.82, 2.24) is 5.32 Å². The highest BCUT2D eigenvalue weighted by molar-refractivity contribution is 7.90. The maximum absolute atomic E-state index is 12.5. The summed E-state index contributed by atoms with van der Waals surface area (Å²) in [5.74, 6) is -0.389. The first-order valence-electron chi connectivity index (χ1n) is 7.37. The van der Waals surface area contributed by atoms with Gasteiger partial charge in [-0.1, -0.05) is 35.9 Å². The number of rotatable bonds is 4. The molecule has 5 heteroatoms. The summed E-state index contributed by atoms with van der Waals surface area (Å²) in [6.07, 6.45) is 1.10. The minimum atomic E-state index is -3.45. The van der Waals surface area contributed by atoms with Gasteiger partial charge in [-0.15, -0.1) is 0 Å². The third kappa shape index (κ3) is 3.99. The summed E-state index contributed by atoms with van der Waals surface area (Å²) in [7, 11) is -3.45. The largest absolute Gasteiger partial charge is 0.345 e. The van der Waals surface area contributed by atoms with E-state index in [1.54, 1.807) is 12.1 Å². The Bertz CT molecular complexity index is 841. The van der Waals surface area contributed by atoms with E-state index in [2.05, 4.69) is 5.32 Å². The lowest BCUT2D eigenvalue weighted by Gasteiger charge is -2.18. The zero-order chi connectivity index (χ0) is 17.2. The second-order valence-corrected chi connectivity index (χ2v) is 7.81. The molecule has 0 spiro atoms. The van der Waals surface area contributed by atoms with E-state index in [1.807, 2.05) is 39.0 Å². The average molecular weight is 331 g/mol. The molecule has 0 radical (unpaired) electrons. The van der Waals surface area contributed by atoms with Crippen LogP contribution < -0.4 is 5.32 Å². The van der Waals surface area contributed by atoms with Gasteiger partial charge in [-0.3, -0.25) is 4.79 Å². The maximum atomic E-state index is 12.5. The Labute approximate surface area is 137 Å². The second kappa shape index (κ2) is 6.54. The van der Waals surface area contributed by atoms with Gasteiger partial charge >= 0.3 is 0 Å². The van der Waals surface area contributed by atoms with Crippen LogP contribution in [-0.4, -0.2) is 20.6 Å². The molecule has 0 aromatic heterocycles. The van der Waals surface area contributed by atoms with Crippen LogP contribution in [0.25, 0.3) is 0 Å². The molecule has 1 unspecified atom stereocenters. The monoisotopic (exact) mass is 331 g/mol. The Hall–Kier alpha value is -2.14. The maximum Gasteiger partial charge on any atom is 0.253 e. The van der Waals surface area contributed by atoms with Crippen LogP contribution in [0.1, 0.15) is 40.0 Å². The molecule has 0 aliphatic rings. The fourth-order valence-electron chi connectivity index (χ4n) is 2.56. The number of benzene rings is 2. The second-order valence-electron chi connectivity index (χ2n) is 5.82. The molecule has 0 heterocycles. The Morgan fingerprint density at radius 2 is 1.74 bits per heavy atom. The number of nitrogens with one attached hydrogen (secondary N) is 1. The molecule has 0 bridgehead atoms. The number of carbonyl (C=O) groups excluding carboxylic acids is 1. The molecule has 1 atom stereocenters. The SMILES string of the molecule is Cc1ccc(C)c(C(C)NC(=O)c2ccccc2S(C)(=O)=O)c1. The van der Waals surface area contributed by atoms with E-state index in [0.29, 0.717) is 0 Å². The van der Waals surface area contributed by atoms with Crippen molar-refractivity contribution in [1.29, 1.82) is 0 Å². The van der Waals surface area contributed by atoms with Gasteiger partial charge in [0.05, 0.1) is 16.5 Å². The third-order valence-electron chi connectivity index (χ3n) is 3.78. The lowest BCUT2D eigenvalue weighted by atomic mass is 10.00. The van der Waals surface area contributed by atoms with E-state index in [-0.39, 0.29) is 22.4 Å². The van der Waals surface area contributed by atoms with Gasteiger partial charge in [-0.2, -0.15) is 0 Å². The molecule has 1 N–H and O–H groups in total. The van der Waals surface area contributed by atoms with Gasteiger partial charge in [0.1, 0.15) is 0 Å². The molecule has 122 valence electrons. The van der Waals surface area contributed by atoms with E-state index in [4.69, 9.17) is 0 Å². The predicted molar refractivity (Wildman–Crippen MR) is 91.3 cm³/mol. The molecule has 4 nitrogen and oxygen atoms in total. The van der Waals surface area contributed by atoms with E-state index in [0.717, 1.165) is 22.9 Å². The van der Waals surface area contributed by atoms with Crippen LogP contribution in [0.2, 0.25) is 0 Å². The molecule has 0 saturated heterocycles. The zero-order valence-electron chi connectivity index (χ0n) is 13.8. The summed E-state index contributed by atoms with van der Waals surface area (Å²) in [4.78, 5) is 12.6. The summed E-state index contributed by atoms with van der Waals surface area (Å²) in [6, 6.07) is 12.1.